The summed E-state index contributed by atoms with van der Waals surface area (Å²) in [4.78, 5) is 49.5. The third-order valence-corrected chi connectivity index (χ3v) is 8.27. The lowest BCUT2D eigenvalue weighted by Crippen LogP contribution is -2.39. The molecule has 2 saturated carbocycles. The Morgan fingerprint density at radius 3 is 1.74 bits per heavy atom. The number of rotatable bonds is 11. The van der Waals surface area contributed by atoms with E-state index in [0.717, 1.165) is 25.7 Å². The summed E-state index contributed by atoms with van der Waals surface area (Å²) in [6, 6.07) is 0. The van der Waals surface area contributed by atoms with Crippen molar-refractivity contribution >= 4 is 11.8 Å². The number of amides is 2. The van der Waals surface area contributed by atoms with Crippen LogP contribution in [-0.4, -0.2) is 41.8 Å². The van der Waals surface area contributed by atoms with Crippen molar-refractivity contribution in [3.8, 4) is 0 Å². The van der Waals surface area contributed by atoms with Gasteiger partial charge in [-0.15, -0.1) is 0 Å². The van der Waals surface area contributed by atoms with Crippen LogP contribution in [0, 0.1) is 35.5 Å². The Balaban J connectivity index is 1.64. The smallest absolute Gasteiger partial charge is 0.256 e. The van der Waals surface area contributed by atoms with Crippen LogP contribution in [0.3, 0.4) is 0 Å². The zero-order valence-corrected chi connectivity index (χ0v) is 22.8. The first kappa shape index (κ1) is 28.3. The maximum absolute atomic E-state index is 12.3. The van der Waals surface area contributed by atoms with Gasteiger partial charge in [0.05, 0.1) is 12.2 Å². The van der Waals surface area contributed by atoms with Gasteiger partial charge in [-0.1, -0.05) is 54.4 Å². The highest BCUT2D eigenvalue weighted by Gasteiger charge is 2.36. The molecule has 7 nitrogen and oxygen atoms in total. The molecule has 0 N–H and O–H groups in total. The second-order valence-electron chi connectivity index (χ2n) is 12.0. The van der Waals surface area contributed by atoms with Crippen LogP contribution >= 0.6 is 0 Å². The van der Waals surface area contributed by atoms with Crippen LogP contribution in [0.4, 0.5) is 0 Å². The van der Waals surface area contributed by atoms with Gasteiger partial charge in [0.1, 0.15) is 0 Å². The normalized spacial score (nSPS) is 33.1. The van der Waals surface area contributed by atoms with E-state index in [1.54, 1.807) is 6.92 Å². The number of carbonyl (C=O) groups is 2. The maximum atomic E-state index is 12.3. The van der Waals surface area contributed by atoms with Gasteiger partial charge < -0.3 is 0 Å². The van der Waals surface area contributed by atoms with Crippen LogP contribution in [-0.2, 0) is 29.1 Å². The Hall–Kier alpha value is -1.28. The standard InChI is InChI=1S/C28H47NO6/c1-17(2)22-10-8-19(5)14-24(22)32-34-27(12-13-29-26(30)16-21(7)28(29)31)35-33-25-15-20(6)9-11-23(25)18(3)4/h16-20,22-25,27H,8-15H2,1-7H3. The highest BCUT2D eigenvalue weighted by atomic mass is 17.3. The molecule has 6 unspecified atom stereocenters. The van der Waals surface area contributed by atoms with E-state index in [9.17, 15) is 9.59 Å². The molecule has 0 bridgehead atoms. The Kier molecular flexibility index (Phi) is 10.3. The van der Waals surface area contributed by atoms with Gasteiger partial charge in [0.25, 0.3) is 11.8 Å². The van der Waals surface area contributed by atoms with Crippen LogP contribution in [0.2, 0.25) is 0 Å². The zero-order valence-electron chi connectivity index (χ0n) is 22.8. The molecule has 35 heavy (non-hydrogen) atoms. The molecule has 200 valence electrons. The minimum atomic E-state index is -0.827. The van der Waals surface area contributed by atoms with E-state index in [1.165, 1.54) is 23.8 Å². The fourth-order valence-electron chi connectivity index (χ4n) is 5.91. The maximum Gasteiger partial charge on any atom is 0.256 e. The minimum Gasteiger partial charge on any atom is -0.275 e. The Bertz CT molecular complexity index is 714. The molecule has 6 atom stereocenters. The first-order chi connectivity index (χ1) is 16.6. The molecule has 1 heterocycles. The van der Waals surface area contributed by atoms with Gasteiger partial charge in [-0.3, -0.25) is 14.5 Å². The van der Waals surface area contributed by atoms with Crippen LogP contribution < -0.4 is 0 Å². The van der Waals surface area contributed by atoms with Crippen LogP contribution in [0.25, 0.3) is 0 Å². The molecule has 0 spiro atoms. The summed E-state index contributed by atoms with van der Waals surface area (Å²) >= 11 is 0. The number of hydrogen-bond acceptors (Lipinski definition) is 6. The summed E-state index contributed by atoms with van der Waals surface area (Å²) in [7, 11) is 0. The van der Waals surface area contributed by atoms with Crippen LogP contribution in [0.1, 0.15) is 93.4 Å². The molecule has 0 saturated heterocycles. The molecule has 2 fully saturated rings. The quantitative estimate of drug-likeness (QED) is 0.156. The second-order valence-corrected chi connectivity index (χ2v) is 12.0. The van der Waals surface area contributed by atoms with Crippen molar-refractivity contribution in [2.75, 3.05) is 6.54 Å². The first-order valence-electron chi connectivity index (χ1n) is 13.7. The monoisotopic (exact) mass is 493 g/mol. The van der Waals surface area contributed by atoms with Crippen molar-refractivity contribution < 1.29 is 29.1 Å². The van der Waals surface area contributed by atoms with Crippen molar-refractivity contribution in [2.45, 2.75) is 112 Å². The molecular formula is C28H47NO6. The summed E-state index contributed by atoms with van der Waals surface area (Å²) in [5.74, 6) is 2.44. The third kappa shape index (κ3) is 7.61. The van der Waals surface area contributed by atoms with E-state index in [4.69, 9.17) is 19.6 Å². The van der Waals surface area contributed by atoms with Crippen LogP contribution in [0.15, 0.2) is 11.6 Å². The van der Waals surface area contributed by atoms with Gasteiger partial charge in [-0.25, -0.2) is 19.6 Å². The van der Waals surface area contributed by atoms with E-state index in [0.29, 0.717) is 41.1 Å². The average molecular weight is 494 g/mol. The van der Waals surface area contributed by atoms with E-state index >= 15 is 0 Å². The van der Waals surface area contributed by atoms with E-state index < -0.39 is 6.29 Å². The third-order valence-electron chi connectivity index (χ3n) is 8.27. The van der Waals surface area contributed by atoms with Gasteiger partial charge in [0.15, 0.2) is 0 Å². The number of nitrogens with zero attached hydrogens (tertiary/aromatic N) is 1. The molecule has 0 aromatic carbocycles. The molecule has 0 radical (unpaired) electrons. The molecule has 2 aliphatic carbocycles. The van der Waals surface area contributed by atoms with Crippen molar-refractivity contribution in [3.63, 3.8) is 0 Å². The summed E-state index contributed by atoms with van der Waals surface area (Å²) in [6.45, 7) is 15.2. The number of hydrogen-bond donors (Lipinski definition) is 0. The van der Waals surface area contributed by atoms with Gasteiger partial charge in [-0.05, 0) is 68.1 Å². The molecule has 7 heteroatoms. The summed E-state index contributed by atoms with van der Waals surface area (Å²) in [5, 5.41) is 0. The SMILES string of the molecule is CC1=CC(=O)N(CCC(OOC2CC(C)CCC2C(C)C)OOC2CC(C)CCC2C(C)C)C1=O. The van der Waals surface area contributed by atoms with Gasteiger partial charge in [-0.2, -0.15) is 0 Å². The Morgan fingerprint density at radius 1 is 0.857 bits per heavy atom. The molecule has 3 aliphatic rings. The largest absolute Gasteiger partial charge is 0.275 e. The topological polar surface area (TPSA) is 74.3 Å². The van der Waals surface area contributed by atoms with Gasteiger partial charge in [0.2, 0.25) is 6.29 Å². The molecule has 0 aromatic heterocycles. The van der Waals surface area contributed by atoms with E-state index in [-0.39, 0.29) is 37.0 Å². The van der Waals surface area contributed by atoms with Crippen molar-refractivity contribution in [1.82, 2.24) is 4.90 Å². The summed E-state index contributed by atoms with van der Waals surface area (Å²) in [5.41, 5.74) is 0.452. The van der Waals surface area contributed by atoms with Crippen LogP contribution in [0.5, 0.6) is 0 Å². The molecular weight excluding hydrogens is 446 g/mol. The second kappa shape index (κ2) is 12.8. The zero-order chi connectivity index (χ0) is 25.7. The lowest BCUT2D eigenvalue weighted by Gasteiger charge is -2.38. The molecule has 0 aromatic rings. The lowest BCUT2D eigenvalue weighted by molar-refractivity contribution is -0.490. The Morgan fingerprint density at radius 2 is 1.34 bits per heavy atom. The molecule has 3 rings (SSSR count). The fourth-order valence-corrected chi connectivity index (χ4v) is 5.91. The van der Waals surface area contributed by atoms with Gasteiger partial charge in [0, 0.05) is 24.6 Å². The molecule has 1 aliphatic heterocycles. The Labute approximate surface area is 211 Å². The van der Waals surface area contributed by atoms with Crippen molar-refractivity contribution in [3.05, 3.63) is 11.6 Å². The first-order valence-corrected chi connectivity index (χ1v) is 13.7. The van der Waals surface area contributed by atoms with Gasteiger partial charge >= 0.3 is 0 Å². The van der Waals surface area contributed by atoms with Crippen molar-refractivity contribution in [2.24, 2.45) is 35.5 Å². The number of carbonyl (C=O) groups excluding carboxylic acids is 2. The van der Waals surface area contributed by atoms with E-state index in [2.05, 4.69) is 41.5 Å². The molecule has 2 amide bonds. The van der Waals surface area contributed by atoms with E-state index in [1.807, 2.05) is 0 Å². The predicted molar refractivity (Wildman–Crippen MR) is 133 cm³/mol. The summed E-state index contributed by atoms with van der Waals surface area (Å²) in [6.07, 6.45) is 7.33. The highest BCUT2D eigenvalue weighted by Crippen LogP contribution is 2.37. The number of imide groups is 1. The average Bonchev–Trinajstić information content (AvgIpc) is 3.03. The fraction of sp³-hybridized carbons (Fsp3) is 0.857. The lowest BCUT2D eigenvalue weighted by atomic mass is 9.75. The highest BCUT2D eigenvalue weighted by molar-refractivity contribution is 6.15. The summed E-state index contributed by atoms with van der Waals surface area (Å²) < 4.78 is 0. The predicted octanol–water partition coefficient (Wildman–Crippen LogP) is 5.84. The minimum absolute atomic E-state index is 0.0121. The van der Waals surface area contributed by atoms with Crippen molar-refractivity contribution in [1.29, 1.82) is 0 Å².